The van der Waals surface area contributed by atoms with Gasteiger partial charge in [-0.15, -0.1) is 0 Å². The van der Waals surface area contributed by atoms with Gasteiger partial charge in [-0.2, -0.15) is 8.75 Å². The van der Waals surface area contributed by atoms with Crippen LogP contribution in [0.5, 0.6) is 0 Å². The lowest BCUT2D eigenvalue weighted by Crippen LogP contribution is -2.17. The van der Waals surface area contributed by atoms with E-state index in [0.29, 0.717) is 10.4 Å². The molecule has 72 valence electrons. The van der Waals surface area contributed by atoms with Crippen LogP contribution < -0.4 is 0 Å². The molecule has 0 radical (unpaired) electrons. The highest BCUT2D eigenvalue weighted by Gasteiger charge is 2.18. The Morgan fingerprint density at radius 3 is 2.77 bits per heavy atom. The minimum absolute atomic E-state index is 0.543. The fourth-order valence-electron chi connectivity index (χ4n) is 1.19. The molecule has 6 heteroatoms. The van der Waals surface area contributed by atoms with Gasteiger partial charge in [0.15, 0.2) is 5.15 Å². The van der Waals surface area contributed by atoms with Crippen LogP contribution in [0.4, 0.5) is 0 Å². The third-order valence-electron chi connectivity index (χ3n) is 1.87. The molecule has 1 aliphatic heterocycles. The van der Waals surface area contributed by atoms with E-state index in [-0.39, 0.29) is 0 Å². The summed E-state index contributed by atoms with van der Waals surface area (Å²) >= 11 is 8.74. The van der Waals surface area contributed by atoms with Crippen LogP contribution in [0.1, 0.15) is 12.8 Å². The van der Waals surface area contributed by atoms with Gasteiger partial charge in [0, 0.05) is 18.5 Å². The smallest absolute Gasteiger partial charge is 0.176 e. The van der Waals surface area contributed by atoms with Crippen molar-refractivity contribution in [3.63, 3.8) is 0 Å². The van der Waals surface area contributed by atoms with Crippen molar-refractivity contribution < 1.29 is 4.74 Å². The number of halogens is 1. The Hall–Kier alpha value is 0.160. The molecule has 2 rings (SSSR count). The maximum atomic E-state index is 5.84. The zero-order valence-electron chi connectivity index (χ0n) is 6.90. The van der Waals surface area contributed by atoms with Gasteiger partial charge >= 0.3 is 0 Å². The monoisotopic (exact) mass is 236 g/mol. The van der Waals surface area contributed by atoms with Gasteiger partial charge in [0.2, 0.25) is 0 Å². The average Bonchev–Trinajstić information content (AvgIpc) is 2.54. The Labute approximate surface area is 90.2 Å². The van der Waals surface area contributed by atoms with Crippen LogP contribution in [-0.4, -0.2) is 27.2 Å². The number of aromatic nitrogens is 2. The average molecular weight is 237 g/mol. The van der Waals surface area contributed by atoms with Crippen LogP contribution in [0, 0.1) is 0 Å². The Bertz CT molecular complexity index is 275. The first-order valence-electron chi connectivity index (χ1n) is 4.09. The van der Waals surface area contributed by atoms with Crippen LogP contribution in [0.2, 0.25) is 5.15 Å². The molecular formula is C7H9ClN2OS2. The van der Waals surface area contributed by atoms with Gasteiger partial charge < -0.3 is 4.74 Å². The molecule has 1 fully saturated rings. The Kier molecular flexibility index (Phi) is 3.43. The molecule has 0 amide bonds. The molecule has 1 saturated heterocycles. The molecule has 0 unspecified atom stereocenters. The van der Waals surface area contributed by atoms with Gasteiger partial charge in [0.1, 0.15) is 5.03 Å². The molecule has 3 nitrogen and oxygen atoms in total. The molecule has 0 saturated carbocycles. The maximum absolute atomic E-state index is 5.84. The molecule has 1 aliphatic rings. The van der Waals surface area contributed by atoms with Crippen molar-refractivity contribution in [2.24, 2.45) is 0 Å². The van der Waals surface area contributed by atoms with Crippen LogP contribution in [-0.2, 0) is 4.74 Å². The van der Waals surface area contributed by atoms with E-state index in [4.69, 9.17) is 16.3 Å². The van der Waals surface area contributed by atoms with E-state index in [2.05, 4.69) is 8.75 Å². The van der Waals surface area contributed by atoms with E-state index in [1.165, 1.54) is 11.7 Å². The molecule has 0 aromatic carbocycles. The number of hydrogen-bond donors (Lipinski definition) is 0. The molecule has 0 bridgehead atoms. The fraction of sp³-hybridized carbons (Fsp3) is 0.714. The summed E-state index contributed by atoms with van der Waals surface area (Å²) in [5.74, 6) is 0. The molecule has 1 aromatic heterocycles. The minimum atomic E-state index is 0.543. The molecule has 13 heavy (non-hydrogen) atoms. The van der Waals surface area contributed by atoms with Crippen molar-refractivity contribution >= 4 is 35.1 Å². The first-order chi connectivity index (χ1) is 6.36. The van der Waals surface area contributed by atoms with Crippen LogP contribution in [0.15, 0.2) is 5.03 Å². The second kappa shape index (κ2) is 4.59. The van der Waals surface area contributed by atoms with Crippen molar-refractivity contribution in [2.45, 2.75) is 23.1 Å². The zero-order valence-corrected chi connectivity index (χ0v) is 9.29. The highest BCUT2D eigenvalue weighted by molar-refractivity contribution is 8.00. The van der Waals surface area contributed by atoms with Crippen molar-refractivity contribution in [3.8, 4) is 0 Å². The van der Waals surface area contributed by atoms with E-state index in [9.17, 15) is 0 Å². The highest BCUT2D eigenvalue weighted by Crippen LogP contribution is 2.32. The summed E-state index contributed by atoms with van der Waals surface area (Å²) in [7, 11) is 0. The van der Waals surface area contributed by atoms with E-state index < -0.39 is 0 Å². The van der Waals surface area contributed by atoms with Crippen LogP contribution in [0.3, 0.4) is 0 Å². The molecule has 1 aromatic rings. The second-order valence-electron chi connectivity index (χ2n) is 2.79. The third-order valence-corrected chi connectivity index (χ3v) is 4.30. The predicted octanol–water partition coefficient (Wildman–Crippen LogP) is 2.46. The summed E-state index contributed by atoms with van der Waals surface area (Å²) in [6.45, 7) is 1.71. The lowest BCUT2D eigenvalue weighted by Gasteiger charge is -2.20. The Balaban J connectivity index is 1.93. The second-order valence-corrected chi connectivity index (χ2v) is 4.97. The summed E-state index contributed by atoms with van der Waals surface area (Å²) in [4.78, 5) is 0. The van der Waals surface area contributed by atoms with Gasteiger partial charge in [-0.05, 0) is 12.8 Å². The molecule has 0 spiro atoms. The van der Waals surface area contributed by atoms with Gasteiger partial charge in [-0.1, -0.05) is 23.4 Å². The normalized spacial score (nSPS) is 19.2. The van der Waals surface area contributed by atoms with Gasteiger partial charge in [0.05, 0.1) is 11.7 Å². The number of ether oxygens (including phenoxy) is 1. The summed E-state index contributed by atoms with van der Waals surface area (Å²) in [5.41, 5.74) is 0. The SMILES string of the molecule is Clc1nsnc1SC1CCOCC1. The van der Waals surface area contributed by atoms with Gasteiger partial charge in [0.25, 0.3) is 0 Å². The summed E-state index contributed by atoms with van der Waals surface area (Å²) in [5, 5.41) is 2.01. The van der Waals surface area contributed by atoms with Gasteiger partial charge in [-0.3, -0.25) is 0 Å². The largest absolute Gasteiger partial charge is 0.381 e. The van der Waals surface area contributed by atoms with Crippen LogP contribution >= 0.6 is 35.1 Å². The van der Waals surface area contributed by atoms with Crippen molar-refractivity contribution in [1.82, 2.24) is 8.75 Å². The fourth-order valence-corrected chi connectivity index (χ4v) is 3.09. The number of hydrogen-bond acceptors (Lipinski definition) is 5. The van der Waals surface area contributed by atoms with Gasteiger partial charge in [-0.25, -0.2) is 0 Å². The summed E-state index contributed by atoms with van der Waals surface area (Å²) in [6, 6.07) is 0. The molecule has 0 N–H and O–H groups in total. The van der Waals surface area contributed by atoms with Crippen molar-refractivity contribution in [2.75, 3.05) is 13.2 Å². The van der Waals surface area contributed by atoms with E-state index in [0.717, 1.165) is 31.1 Å². The highest BCUT2D eigenvalue weighted by atomic mass is 35.5. The lowest BCUT2D eigenvalue weighted by molar-refractivity contribution is 0.1000. The van der Waals surface area contributed by atoms with E-state index >= 15 is 0 Å². The minimum Gasteiger partial charge on any atom is -0.381 e. The van der Waals surface area contributed by atoms with E-state index in [1.807, 2.05) is 0 Å². The first-order valence-corrected chi connectivity index (χ1v) is 6.07. The molecule has 0 aliphatic carbocycles. The molecule has 2 heterocycles. The summed E-state index contributed by atoms with van der Waals surface area (Å²) < 4.78 is 13.3. The quantitative estimate of drug-likeness (QED) is 0.790. The third kappa shape index (κ3) is 2.56. The lowest BCUT2D eigenvalue weighted by atomic mass is 10.2. The first kappa shape index (κ1) is 9.71. The standard InChI is InChI=1S/C7H9ClN2OS2/c8-6-7(10-13-9-6)12-5-1-3-11-4-2-5/h5H,1-4H2. The molecule has 0 atom stereocenters. The Morgan fingerprint density at radius 2 is 2.15 bits per heavy atom. The topological polar surface area (TPSA) is 35.0 Å². The predicted molar refractivity (Wildman–Crippen MR) is 54.6 cm³/mol. The Morgan fingerprint density at radius 1 is 1.38 bits per heavy atom. The van der Waals surface area contributed by atoms with E-state index in [1.54, 1.807) is 11.8 Å². The summed E-state index contributed by atoms with van der Waals surface area (Å²) in [6.07, 6.45) is 2.16. The number of thioether (sulfide) groups is 1. The number of nitrogens with zero attached hydrogens (tertiary/aromatic N) is 2. The van der Waals surface area contributed by atoms with Crippen LogP contribution in [0.25, 0.3) is 0 Å². The van der Waals surface area contributed by atoms with Crippen molar-refractivity contribution in [3.05, 3.63) is 5.15 Å². The number of rotatable bonds is 2. The zero-order chi connectivity index (χ0) is 9.10. The van der Waals surface area contributed by atoms with Crippen molar-refractivity contribution in [1.29, 1.82) is 0 Å². The molecular weight excluding hydrogens is 228 g/mol. The maximum Gasteiger partial charge on any atom is 0.176 e.